The number of ether oxygens (including phenoxy) is 1. The summed E-state index contributed by atoms with van der Waals surface area (Å²) in [6.45, 7) is 4.47. The number of carbonyl (C=O) groups excluding carboxylic acids is 3. The number of hydrogen-bond acceptors (Lipinski definition) is 4. The van der Waals surface area contributed by atoms with E-state index in [0.29, 0.717) is 21.2 Å². The van der Waals surface area contributed by atoms with Crippen molar-refractivity contribution < 1.29 is 19.1 Å². The summed E-state index contributed by atoms with van der Waals surface area (Å²) in [5.74, 6) is -1.77. The molecule has 2 rings (SSSR count). The fourth-order valence-corrected chi connectivity index (χ4v) is 3.16. The van der Waals surface area contributed by atoms with Crippen LogP contribution in [0, 0.1) is 0 Å². The van der Waals surface area contributed by atoms with Crippen LogP contribution in [-0.4, -0.2) is 23.9 Å². The first-order valence-electron chi connectivity index (χ1n) is 9.18. The van der Waals surface area contributed by atoms with Crippen molar-refractivity contribution in [2.24, 2.45) is 0 Å². The minimum absolute atomic E-state index is 0.0675. The van der Waals surface area contributed by atoms with Crippen molar-refractivity contribution in [1.29, 1.82) is 0 Å². The van der Waals surface area contributed by atoms with Gasteiger partial charge in [-0.25, -0.2) is 4.79 Å². The molecule has 2 atom stereocenters. The normalized spacial score (nSPS) is 13.2. The lowest BCUT2D eigenvalue weighted by atomic mass is 10.1. The maximum absolute atomic E-state index is 12.5. The van der Waals surface area contributed by atoms with Gasteiger partial charge in [-0.3, -0.25) is 9.59 Å². The standard InChI is InChI=1S/C22H22Cl2N2O4/c1-13(18-10-9-17(23)12-19(18)24)25-21(28)14(2)30-22(29)20(26-15(3)27)11-16-7-5-4-6-8-16/h4-14H,1-3H3,(H,25,28)(H,26,27)/b20-11+/t13-,14-/m1/s1. The van der Waals surface area contributed by atoms with Crippen molar-refractivity contribution in [3.8, 4) is 0 Å². The van der Waals surface area contributed by atoms with Gasteiger partial charge in [-0.05, 0) is 43.2 Å². The van der Waals surface area contributed by atoms with Gasteiger partial charge in [-0.1, -0.05) is 59.6 Å². The predicted octanol–water partition coefficient (Wildman–Crippen LogP) is 4.28. The Balaban J connectivity index is 2.07. The van der Waals surface area contributed by atoms with E-state index in [4.69, 9.17) is 27.9 Å². The Morgan fingerprint density at radius 2 is 1.70 bits per heavy atom. The van der Waals surface area contributed by atoms with Crippen LogP contribution in [0.3, 0.4) is 0 Å². The van der Waals surface area contributed by atoms with E-state index < -0.39 is 29.9 Å². The van der Waals surface area contributed by atoms with Crippen LogP contribution in [0.15, 0.2) is 54.2 Å². The third kappa shape index (κ3) is 6.90. The average Bonchev–Trinajstić information content (AvgIpc) is 2.67. The molecule has 0 spiro atoms. The molecule has 2 amide bonds. The molecule has 0 aliphatic rings. The van der Waals surface area contributed by atoms with Crippen LogP contribution in [0.25, 0.3) is 6.08 Å². The van der Waals surface area contributed by atoms with Crippen molar-refractivity contribution >= 4 is 47.1 Å². The first kappa shape index (κ1) is 23.4. The summed E-state index contributed by atoms with van der Waals surface area (Å²) in [4.78, 5) is 36.5. The van der Waals surface area contributed by atoms with E-state index >= 15 is 0 Å². The highest BCUT2D eigenvalue weighted by Crippen LogP contribution is 2.26. The van der Waals surface area contributed by atoms with Gasteiger partial charge in [0.1, 0.15) is 5.70 Å². The average molecular weight is 449 g/mol. The lowest BCUT2D eigenvalue weighted by molar-refractivity contribution is -0.152. The van der Waals surface area contributed by atoms with E-state index in [9.17, 15) is 14.4 Å². The van der Waals surface area contributed by atoms with Gasteiger partial charge in [-0.2, -0.15) is 0 Å². The van der Waals surface area contributed by atoms with Crippen LogP contribution in [0.2, 0.25) is 10.0 Å². The number of nitrogens with one attached hydrogen (secondary N) is 2. The van der Waals surface area contributed by atoms with Gasteiger partial charge in [0.15, 0.2) is 6.10 Å². The zero-order chi connectivity index (χ0) is 22.3. The second-order valence-corrected chi connectivity index (χ2v) is 7.44. The van der Waals surface area contributed by atoms with Gasteiger partial charge in [0.2, 0.25) is 5.91 Å². The molecule has 0 aliphatic carbocycles. The molecule has 0 saturated carbocycles. The van der Waals surface area contributed by atoms with E-state index in [1.165, 1.54) is 19.9 Å². The molecule has 0 aliphatic heterocycles. The molecule has 8 heteroatoms. The molecule has 0 unspecified atom stereocenters. The molecule has 0 heterocycles. The smallest absolute Gasteiger partial charge is 0.355 e. The highest BCUT2D eigenvalue weighted by Gasteiger charge is 2.23. The Bertz CT molecular complexity index is 961. The first-order valence-corrected chi connectivity index (χ1v) is 9.93. The molecule has 2 N–H and O–H groups in total. The summed E-state index contributed by atoms with van der Waals surface area (Å²) in [5.41, 5.74) is 1.30. The van der Waals surface area contributed by atoms with Crippen molar-refractivity contribution in [2.75, 3.05) is 0 Å². The summed E-state index contributed by atoms with van der Waals surface area (Å²) in [6.07, 6.45) is 0.378. The number of halogens is 2. The molecule has 158 valence electrons. The van der Waals surface area contributed by atoms with E-state index in [-0.39, 0.29) is 5.70 Å². The highest BCUT2D eigenvalue weighted by atomic mass is 35.5. The Labute approximate surface area is 185 Å². The molecule has 2 aromatic rings. The Hall–Kier alpha value is -2.83. The lowest BCUT2D eigenvalue weighted by Crippen LogP contribution is -2.38. The molecular formula is C22H22Cl2N2O4. The number of carbonyl (C=O) groups is 3. The quantitative estimate of drug-likeness (QED) is 0.488. The van der Waals surface area contributed by atoms with Crippen molar-refractivity contribution in [3.05, 3.63) is 75.4 Å². The SMILES string of the molecule is CC(=O)N/C(=C/c1ccccc1)C(=O)O[C@H](C)C(=O)N[C@H](C)c1ccc(Cl)cc1Cl. The molecule has 0 aromatic heterocycles. The van der Waals surface area contributed by atoms with Gasteiger partial charge >= 0.3 is 5.97 Å². The van der Waals surface area contributed by atoms with Gasteiger partial charge in [0.05, 0.1) is 6.04 Å². The van der Waals surface area contributed by atoms with Crippen molar-refractivity contribution in [3.63, 3.8) is 0 Å². The van der Waals surface area contributed by atoms with Gasteiger partial charge in [0, 0.05) is 17.0 Å². The van der Waals surface area contributed by atoms with E-state index in [1.54, 1.807) is 49.4 Å². The minimum atomic E-state index is -1.10. The summed E-state index contributed by atoms with van der Waals surface area (Å²) in [6, 6.07) is 13.5. The molecule has 6 nitrogen and oxygen atoms in total. The zero-order valence-electron chi connectivity index (χ0n) is 16.7. The van der Waals surface area contributed by atoms with Crippen LogP contribution in [0.4, 0.5) is 0 Å². The number of esters is 1. The van der Waals surface area contributed by atoms with E-state index in [1.807, 2.05) is 6.07 Å². The van der Waals surface area contributed by atoms with Crippen LogP contribution in [0.1, 0.15) is 37.9 Å². The minimum Gasteiger partial charge on any atom is -0.448 e. The number of rotatable bonds is 7. The van der Waals surface area contributed by atoms with Crippen molar-refractivity contribution in [2.45, 2.75) is 32.9 Å². The monoisotopic (exact) mass is 448 g/mol. The summed E-state index contributed by atoms with van der Waals surface area (Å²) >= 11 is 12.1. The second kappa shape index (κ2) is 10.8. The van der Waals surface area contributed by atoms with Crippen LogP contribution < -0.4 is 10.6 Å². The van der Waals surface area contributed by atoms with Crippen LogP contribution >= 0.6 is 23.2 Å². The van der Waals surface area contributed by atoms with Gasteiger partial charge < -0.3 is 15.4 Å². The predicted molar refractivity (Wildman–Crippen MR) is 117 cm³/mol. The van der Waals surface area contributed by atoms with E-state index in [2.05, 4.69) is 10.6 Å². The fourth-order valence-electron chi connectivity index (χ4n) is 2.59. The molecule has 2 aromatic carbocycles. The first-order chi connectivity index (χ1) is 14.2. The third-order valence-corrected chi connectivity index (χ3v) is 4.64. The number of hydrogen-bond donors (Lipinski definition) is 2. The van der Waals surface area contributed by atoms with E-state index in [0.717, 1.165) is 0 Å². The second-order valence-electron chi connectivity index (χ2n) is 6.59. The maximum atomic E-state index is 12.5. The Kier molecular flexibility index (Phi) is 8.45. The molecule has 0 radical (unpaired) electrons. The summed E-state index contributed by atoms with van der Waals surface area (Å²) in [5, 5.41) is 6.08. The highest BCUT2D eigenvalue weighted by molar-refractivity contribution is 6.35. The molecule has 30 heavy (non-hydrogen) atoms. The van der Waals surface area contributed by atoms with Crippen LogP contribution in [-0.2, 0) is 19.1 Å². The Morgan fingerprint density at radius 1 is 1.03 bits per heavy atom. The summed E-state index contributed by atoms with van der Waals surface area (Å²) < 4.78 is 5.25. The lowest BCUT2D eigenvalue weighted by Gasteiger charge is -2.20. The van der Waals surface area contributed by atoms with Gasteiger partial charge in [-0.15, -0.1) is 0 Å². The largest absolute Gasteiger partial charge is 0.448 e. The zero-order valence-corrected chi connectivity index (χ0v) is 18.3. The topological polar surface area (TPSA) is 84.5 Å². The molecule has 0 bridgehead atoms. The van der Waals surface area contributed by atoms with Gasteiger partial charge in [0.25, 0.3) is 5.91 Å². The molecule has 0 saturated heterocycles. The fraction of sp³-hybridized carbons (Fsp3) is 0.227. The molecule has 0 fully saturated rings. The van der Waals surface area contributed by atoms with Crippen LogP contribution in [0.5, 0.6) is 0 Å². The summed E-state index contributed by atoms with van der Waals surface area (Å²) in [7, 11) is 0. The maximum Gasteiger partial charge on any atom is 0.355 e. The van der Waals surface area contributed by atoms with Crippen molar-refractivity contribution in [1.82, 2.24) is 10.6 Å². The molecular weight excluding hydrogens is 427 g/mol. The third-order valence-electron chi connectivity index (χ3n) is 4.08. The Morgan fingerprint density at radius 3 is 2.30 bits per heavy atom. The number of benzene rings is 2. The number of amides is 2.